The Kier molecular flexibility index (Phi) is 9.50. The highest BCUT2D eigenvalue weighted by molar-refractivity contribution is 5.96. The van der Waals surface area contributed by atoms with Crippen LogP contribution in [0.1, 0.15) is 52.9 Å². The van der Waals surface area contributed by atoms with Crippen molar-refractivity contribution in [2.24, 2.45) is 5.92 Å². The third-order valence-electron chi connectivity index (χ3n) is 6.96. The number of hydrogen-bond donors (Lipinski definition) is 0. The Hall–Kier alpha value is -4.40. The Bertz CT molecular complexity index is 1610. The van der Waals surface area contributed by atoms with Crippen LogP contribution in [0.3, 0.4) is 0 Å². The van der Waals surface area contributed by atoms with E-state index in [9.17, 15) is 27.6 Å². The van der Waals surface area contributed by atoms with Gasteiger partial charge < -0.3 is 14.2 Å². The molecule has 1 aromatic heterocycles. The lowest BCUT2D eigenvalue weighted by Crippen LogP contribution is -2.43. The van der Waals surface area contributed by atoms with Gasteiger partial charge in [0.1, 0.15) is 12.1 Å². The van der Waals surface area contributed by atoms with Crippen molar-refractivity contribution in [2.75, 3.05) is 13.1 Å². The summed E-state index contributed by atoms with van der Waals surface area (Å²) in [6.07, 6.45) is -2.72. The zero-order valence-corrected chi connectivity index (χ0v) is 23.8. The number of benzene rings is 3. The number of aryl methyl sites for hydroxylation is 1. The summed E-state index contributed by atoms with van der Waals surface area (Å²) in [6, 6.07) is 18.7. The average Bonchev–Trinajstić information content (AvgIpc) is 2.96. The molecule has 0 radical (unpaired) electrons. The van der Waals surface area contributed by atoms with Crippen molar-refractivity contribution < 1.29 is 27.2 Å². The van der Waals surface area contributed by atoms with Crippen molar-refractivity contribution in [3.8, 4) is 0 Å². The Labute approximate surface area is 242 Å². The lowest BCUT2D eigenvalue weighted by molar-refractivity contribution is -0.137. The maximum absolute atomic E-state index is 13.8. The van der Waals surface area contributed by atoms with Crippen molar-refractivity contribution in [3.63, 3.8) is 0 Å². The first kappa shape index (κ1) is 30.6. The lowest BCUT2D eigenvalue weighted by Gasteiger charge is -2.28. The molecule has 4 rings (SSSR count). The molecule has 0 unspecified atom stereocenters. The minimum atomic E-state index is -4.61. The van der Waals surface area contributed by atoms with Gasteiger partial charge in [-0.15, -0.1) is 0 Å². The molecule has 0 saturated heterocycles. The summed E-state index contributed by atoms with van der Waals surface area (Å²) in [7, 11) is 0. The standard InChI is InChI=1S/C33H33F3N2O4/c1-22(2)14-15-37(32(41)25-10-7-11-27(17-25)33(34,35)36)20-30(39)38(18-24-8-5-4-6-9-24)19-26-21-42-29-13-12-23(3)16-28(29)31(26)40/h4-13,16-17,21-22H,14-15,18-20H2,1-3H3. The average molecular weight is 579 g/mol. The third kappa shape index (κ3) is 7.66. The molecule has 0 bridgehead atoms. The van der Waals surface area contributed by atoms with E-state index >= 15 is 0 Å². The molecule has 0 N–H and O–H groups in total. The topological polar surface area (TPSA) is 70.8 Å². The fourth-order valence-electron chi connectivity index (χ4n) is 4.58. The second kappa shape index (κ2) is 13.1. The van der Waals surface area contributed by atoms with Crippen molar-refractivity contribution in [1.82, 2.24) is 9.80 Å². The Morgan fingerprint density at radius 1 is 0.905 bits per heavy atom. The van der Waals surface area contributed by atoms with Crippen LogP contribution in [0.2, 0.25) is 0 Å². The number of carbonyl (C=O) groups is 2. The van der Waals surface area contributed by atoms with Crippen LogP contribution >= 0.6 is 0 Å². The van der Waals surface area contributed by atoms with Gasteiger partial charge in [0.05, 0.1) is 29.3 Å². The Balaban J connectivity index is 1.65. The fourth-order valence-corrected chi connectivity index (χ4v) is 4.58. The van der Waals surface area contributed by atoms with Gasteiger partial charge >= 0.3 is 6.18 Å². The number of rotatable bonds is 10. The van der Waals surface area contributed by atoms with E-state index in [1.807, 2.05) is 57.2 Å². The second-order valence-corrected chi connectivity index (χ2v) is 10.8. The summed E-state index contributed by atoms with van der Waals surface area (Å²) in [5, 5.41) is 0.401. The van der Waals surface area contributed by atoms with Gasteiger partial charge in [-0.2, -0.15) is 13.2 Å². The summed E-state index contributed by atoms with van der Waals surface area (Å²) in [4.78, 5) is 43.4. The van der Waals surface area contributed by atoms with Gasteiger partial charge in [0, 0.05) is 18.7 Å². The molecule has 0 aliphatic heterocycles. The Morgan fingerprint density at radius 2 is 1.64 bits per heavy atom. The van der Waals surface area contributed by atoms with E-state index in [0.29, 0.717) is 17.4 Å². The van der Waals surface area contributed by atoms with Crippen molar-refractivity contribution in [3.05, 3.63) is 117 Å². The monoisotopic (exact) mass is 578 g/mol. The highest BCUT2D eigenvalue weighted by atomic mass is 19.4. The lowest BCUT2D eigenvalue weighted by atomic mass is 10.1. The van der Waals surface area contributed by atoms with Crippen LogP contribution in [0.15, 0.2) is 88.3 Å². The van der Waals surface area contributed by atoms with Crippen LogP contribution in [-0.2, 0) is 24.1 Å². The smallest absolute Gasteiger partial charge is 0.416 e. The molecule has 220 valence electrons. The molecule has 0 aliphatic rings. The number of alkyl halides is 3. The number of fused-ring (bicyclic) bond motifs is 1. The third-order valence-corrected chi connectivity index (χ3v) is 6.96. The summed E-state index contributed by atoms with van der Waals surface area (Å²) in [6.45, 7) is 5.66. The van der Waals surface area contributed by atoms with Crippen molar-refractivity contribution >= 4 is 22.8 Å². The first-order valence-electron chi connectivity index (χ1n) is 13.7. The molecule has 9 heteroatoms. The van der Waals surface area contributed by atoms with Crippen LogP contribution < -0.4 is 5.43 Å². The SMILES string of the molecule is Cc1ccc2occ(CN(Cc3ccccc3)C(=O)CN(CCC(C)C)C(=O)c3cccc(C(F)(F)F)c3)c(=O)c2c1. The molecule has 42 heavy (non-hydrogen) atoms. The summed E-state index contributed by atoms with van der Waals surface area (Å²) in [5.41, 5.74) is 1.05. The van der Waals surface area contributed by atoms with E-state index in [-0.39, 0.29) is 48.7 Å². The van der Waals surface area contributed by atoms with E-state index in [0.717, 1.165) is 23.3 Å². The zero-order chi connectivity index (χ0) is 30.4. The molecule has 1 heterocycles. The van der Waals surface area contributed by atoms with Crippen LogP contribution in [0.25, 0.3) is 11.0 Å². The number of nitrogens with zero attached hydrogens (tertiary/aromatic N) is 2. The first-order valence-corrected chi connectivity index (χ1v) is 13.7. The van der Waals surface area contributed by atoms with Gasteiger partial charge in [-0.25, -0.2) is 0 Å². The number of carbonyl (C=O) groups excluding carboxylic acids is 2. The number of hydrogen-bond acceptors (Lipinski definition) is 4. The van der Waals surface area contributed by atoms with Crippen molar-refractivity contribution in [1.29, 1.82) is 0 Å². The molecule has 0 fully saturated rings. The van der Waals surface area contributed by atoms with Gasteiger partial charge in [-0.3, -0.25) is 14.4 Å². The van der Waals surface area contributed by atoms with E-state index in [1.54, 1.807) is 12.1 Å². The number of halogens is 3. The quantitative estimate of drug-likeness (QED) is 0.207. The van der Waals surface area contributed by atoms with Gasteiger partial charge in [-0.05, 0) is 55.2 Å². The van der Waals surface area contributed by atoms with Gasteiger partial charge in [0.15, 0.2) is 5.43 Å². The molecule has 0 aliphatic carbocycles. The number of amides is 2. The molecule has 0 saturated carbocycles. The normalized spacial score (nSPS) is 11.6. The van der Waals surface area contributed by atoms with Crippen LogP contribution in [0.5, 0.6) is 0 Å². The zero-order valence-electron chi connectivity index (χ0n) is 23.8. The highest BCUT2D eigenvalue weighted by Gasteiger charge is 2.32. The maximum atomic E-state index is 13.8. The molecule has 4 aromatic rings. The van der Waals surface area contributed by atoms with Crippen LogP contribution in [0.4, 0.5) is 13.2 Å². The largest absolute Gasteiger partial charge is 0.464 e. The molecule has 0 spiro atoms. The molecular weight excluding hydrogens is 545 g/mol. The maximum Gasteiger partial charge on any atom is 0.416 e. The van der Waals surface area contributed by atoms with E-state index in [1.165, 1.54) is 28.2 Å². The molecule has 0 atom stereocenters. The second-order valence-electron chi connectivity index (χ2n) is 10.8. The highest BCUT2D eigenvalue weighted by Crippen LogP contribution is 2.30. The summed E-state index contributed by atoms with van der Waals surface area (Å²) < 4.78 is 45.7. The molecular formula is C33H33F3N2O4. The van der Waals surface area contributed by atoms with E-state index in [4.69, 9.17) is 4.42 Å². The summed E-state index contributed by atoms with van der Waals surface area (Å²) in [5.74, 6) is -0.940. The fraction of sp³-hybridized carbons (Fsp3) is 0.303. The van der Waals surface area contributed by atoms with Gasteiger partial charge in [-0.1, -0.05) is 61.9 Å². The molecule has 6 nitrogen and oxygen atoms in total. The predicted octanol–water partition coefficient (Wildman–Crippen LogP) is 6.84. The van der Waals surface area contributed by atoms with E-state index < -0.39 is 23.6 Å². The van der Waals surface area contributed by atoms with E-state index in [2.05, 4.69) is 0 Å². The van der Waals surface area contributed by atoms with Crippen LogP contribution in [-0.4, -0.2) is 34.7 Å². The molecule has 2 amide bonds. The minimum Gasteiger partial charge on any atom is -0.464 e. The predicted molar refractivity (Wildman–Crippen MR) is 155 cm³/mol. The summed E-state index contributed by atoms with van der Waals surface area (Å²) >= 11 is 0. The first-order chi connectivity index (χ1) is 19.9. The minimum absolute atomic E-state index is 0.0737. The Morgan fingerprint density at radius 3 is 2.33 bits per heavy atom. The van der Waals surface area contributed by atoms with Gasteiger partial charge in [0.2, 0.25) is 5.91 Å². The molecule has 3 aromatic carbocycles. The van der Waals surface area contributed by atoms with Gasteiger partial charge in [0.25, 0.3) is 5.91 Å². The van der Waals surface area contributed by atoms with Crippen LogP contribution in [0, 0.1) is 12.8 Å². The van der Waals surface area contributed by atoms with Crippen molar-refractivity contribution in [2.45, 2.75) is 46.5 Å².